The van der Waals surface area contributed by atoms with Crippen LogP contribution in [0.5, 0.6) is 5.75 Å². The van der Waals surface area contributed by atoms with E-state index in [1.54, 1.807) is 0 Å². The molecule has 12 nitrogen and oxygen atoms in total. The van der Waals surface area contributed by atoms with Crippen LogP contribution in [0.4, 0.5) is 17.1 Å². The van der Waals surface area contributed by atoms with Crippen LogP contribution in [0, 0.1) is 17.0 Å². The highest BCUT2D eigenvalue weighted by Crippen LogP contribution is 2.33. The maximum absolute atomic E-state index is 13.8. The number of nitro groups is 1. The predicted molar refractivity (Wildman–Crippen MR) is 149 cm³/mol. The third-order valence-corrected chi connectivity index (χ3v) is 10.2. The zero-order chi connectivity index (χ0) is 29.4. The summed E-state index contributed by atoms with van der Waals surface area (Å²) in [6.45, 7) is 1.12. The van der Waals surface area contributed by atoms with Gasteiger partial charge in [-0.25, -0.2) is 21.1 Å². The van der Waals surface area contributed by atoms with Gasteiger partial charge in [-0.05, 0) is 67.4 Å². The highest BCUT2D eigenvalue weighted by Gasteiger charge is 2.33. The summed E-state index contributed by atoms with van der Waals surface area (Å²) >= 11 is 0. The summed E-state index contributed by atoms with van der Waals surface area (Å²) < 4.78 is 59.9. The summed E-state index contributed by atoms with van der Waals surface area (Å²) in [6, 6.07) is 14.1. The average Bonchev–Trinajstić information content (AvgIpc) is 3.35. The molecular formula is C26H28N4O8S2. The third-order valence-electron chi connectivity index (χ3n) is 6.63. The summed E-state index contributed by atoms with van der Waals surface area (Å²) in [5.41, 5.74) is 1.22. The Labute approximate surface area is 232 Å². The number of amides is 1. The van der Waals surface area contributed by atoms with Crippen molar-refractivity contribution in [3.63, 3.8) is 0 Å². The lowest BCUT2D eigenvalue weighted by atomic mass is 10.2. The van der Waals surface area contributed by atoms with Crippen molar-refractivity contribution in [2.24, 2.45) is 0 Å². The topological polar surface area (TPSA) is 147 Å². The van der Waals surface area contributed by atoms with Crippen LogP contribution in [0.2, 0.25) is 0 Å². The molecule has 1 heterocycles. The maximum Gasteiger partial charge on any atom is 0.273 e. The van der Waals surface area contributed by atoms with Gasteiger partial charge in [0.1, 0.15) is 12.3 Å². The van der Waals surface area contributed by atoms with Crippen LogP contribution in [0.15, 0.2) is 70.5 Å². The molecule has 14 heteroatoms. The molecule has 40 heavy (non-hydrogen) atoms. The van der Waals surface area contributed by atoms with E-state index in [0.29, 0.717) is 29.0 Å². The molecule has 0 atom stereocenters. The van der Waals surface area contributed by atoms with E-state index in [0.717, 1.165) is 14.7 Å². The van der Waals surface area contributed by atoms with Crippen molar-refractivity contribution >= 4 is 43.0 Å². The Morgan fingerprint density at radius 1 is 0.975 bits per heavy atom. The number of aryl methyl sites for hydroxylation is 1. The van der Waals surface area contributed by atoms with Crippen molar-refractivity contribution < 1.29 is 31.3 Å². The number of hydrogen-bond acceptors (Lipinski definition) is 8. The Kier molecular flexibility index (Phi) is 7.87. The van der Waals surface area contributed by atoms with Crippen molar-refractivity contribution in [2.75, 3.05) is 43.5 Å². The van der Waals surface area contributed by atoms with Gasteiger partial charge in [0.25, 0.3) is 15.7 Å². The number of ether oxygens (including phenoxy) is 1. The standard InChI is InChI=1S/C26H28N4O8S2/c1-18-5-10-23(16-25(18)30(32)33)40(36,37)29(20-6-8-21(38-4)9-7-20)17-26(31)28-14-13-19-15-22(11-12-24(19)28)39(34,35)27(2)3/h5-12,15-16H,13-14,17H2,1-4H3. The molecule has 3 aromatic carbocycles. The molecule has 0 spiro atoms. The van der Waals surface area contributed by atoms with Gasteiger partial charge in [-0.2, -0.15) is 0 Å². The van der Waals surface area contributed by atoms with Crippen LogP contribution < -0.4 is 13.9 Å². The van der Waals surface area contributed by atoms with Crippen LogP contribution in [0.25, 0.3) is 0 Å². The van der Waals surface area contributed by atoms with Gasteiger partial charge in [-0.3, -0.25) is 19.2 Å². The van der Waals surface area contributed by atoms with Crippen LogP contribution in [-0.4, -0.2) is 66.3 Å². The van der Waals surface area contributed by atoms with E-state index in [-0.39, 0.29) is 27.7 Å². The SMILES string of the molecule is COc1ccc(N(CC(=O)N2CCc3cc(S(=O)(=O)N(C)C)ccc32)S(=O)(=O)c2ccc(C)c([N+](=O)[O-])c2)cc1. The van der Waals surface area contributed by atoms with Crippen molar-refractivity contribution in [1.82, 2.24) is 4.31 Å². The summed E-state index contributed by atoms with van der Waals surface area (Å²) in [6.07, 6.45) is 0.386. The van der Waals surface area contributed by atoms with Gasteiger partial charge in [0.2, 0.25) is 15.9 Å². The smallest absolute Gasteiger partial charge is 0.273 e. The molecule has 0 unspecified atom stereocenters. The van der Waals surface area contributed by atoms with Gasteiger partial charge in [0, 0.05) is 38.0 Å². The van der Waals surface area contributed by atoms with E-state index in [2.05, 4.69) is 0 Å². The summed E-state index contributed by atoms with van der Waals surface area (Å²) in [5, 5.41) is 11.5. The Bertz CT molecular complexity index is 1690. The number of fused-ring (bicyclic) bond motifs is 1. The van der Waals surface area contributed by atoms with Gasteiger partial charge in [0.05, 0.1) is 27.5 Å². The molecule has 1 aliphatic heterocycles. The molecule has 0 N–H and O–H groups in total. The molecule has 0 bridgehead atoms. The van der Waals surface area contributed by atoms with Crippen molar-refractivity contribution in [3.8, 4) is 5.75 Å². The third kappa shape index (κ3) is 5.37. The molecule has 1 aliphatic rings. The molecule has 0 fully saturated rings. The molecule has 0 saturated carbocycles. The van der Waals surface area contributed by atoms with Gasteiger partial charge < -0.3 is 9.64 Å². The molecule has 1 amide bonds. The zero-order valence-corrected chi connectivity index (χ0v) is 23.9. The Hall–Kier alpha value is -4.01. The largest absolute Gasteiger partial charge is 0.497 e. The van der Waals surface area contributed by atoms with Crippen molar-refractivity contribution in [1.29, 1.82) is 0 Å². The number of carbonyl (C=O) groups is 1. The minimum absolute atomic E-state index is 0.0916. The lowest BCUT2D eigenvalue weighted by Gasteiger charge is -2.27. The van der Waals surface area contributed by atoms with Crippen LogP contribution in [0.1, 0.15) is 11.1 Å². The fourth-order valence-electron chi connectivity index (χ4n) is 4.35. The quantitative estimate of drug-likeness (QED) is 0.274. The second-order valence-corrected chi connectivity index (χ2v) is 13.3. The van der Waals surface area contributed by atoms with E-state index >= 15 is 0 Å². The first-order chi connectivity index (χ1) is 18.8. The molecule has 0 aliphatic carbocycles. The first-order valence-electron chi connectivity index (χ1n) is 12.0. The first kappa shape index (κ1) is 29.0. The fourth-order valence-corrected chi connectivity index (χ4v) is 6.74. The summed E-state index contributed by atoms with van der Waals surface area (Å²) in [5.74, 6) is -0.0849. The van der Waals surface area contributed by atoms with Crippen molar-refractivity contribution in [2.45, 2.75) is 23.1 Å². The monoisotopic (exact) mass is 588 g/mol. The second kappa shape index (κ2) is 10.9. The highest BCUT2D eigenvalue weighted by atomic mass is 32.2. The van der Waals surface area contributed by atoms with E-state index < -0.39 is 37.4 Å². The molecule has 212 valence electrons. The number of nitro benzene ring substituents is 1. The van der Waals surface area contributed by atoms with E-state index in [1.807, 2.05) is 0 Å². The number of sulfonamides is 2. The van der Waals surface area contributed by atoms with Crippen LogP contribution in [0.3, 0.4) is 0 Å². The first-order valence-corrected chi connectivity index (χ1v) is 14.9. The number of hydrogen-bond donors (Lipinski definition) is 0. The molecule has 4 rings (SSSR count). The minimum Gasteiger partial charge on any atom is -0.497 e. The molecule has 0 aromatic heterocycles. The highest BCUT2D eigenvalue weighted by molar-refractivity contribution is 7.92. The number of rotatable bonds is 9. The molecule has 0 radical (unpaired) electrons. The molecule has 0 saturated heterocycles. The molecule has 3 aromatic rings. The van der Waals surface area contributed by atoms with E-state index in [4.69, 9.17) is 4.74 Å². The Balaban J connectivity index is 1.72. The van der Waals surface area contributed by atoms with Gasteiger partial charge >= 0.3 is 0 Å². The number of nitrogens with zero attached hydrogens (tertiary/aromatic N) is 4. The van der Waals surface area contributed by atoms with E-state index in [1.165, 1.54) is 87.6 Å². The normalized spacial score (nSPS) is 13.3. The van der Waals surface area contributed by atoms with Gasteiger partial charge in [0.15, 0.2) is 0 Å². The minimum atomic E-state index is -4.43. The number of methoxy groups -OCH3 is 1. The summed E-state index contributed by atoms with van der Waals surface area (Å²) in [7, 11) is -3.80. The predicted octanol–water partition coefficient (Wildman–Crippen LogP) is 2.95. The number of benzene rings is 3. The van der Waals surface area contributed by atoms with Crippen LogP contribution in [-0.2, 0) is 31.3 Å². The van der Waals surface area contributed by atoms with Gasteiger partial charge in [-0.15, -0.1) is 0 Å². The average molecular weight is 589 g/mol. The second-order valence-electron chi connectivity index (χ2n) is 9.29. The summed E-state index contributed by atoms with van der Waals surface area (Å²) in [4.78, 5) is 25.6. The number of anilines is 2. The molecular weight excluding hydrogens is 560 g/mol. The zero-order valence-electron chi connectivity index (χ0n) is 22.3. The van der Waals surface area contributed by atoms with Crippen LogP contribution >= 0.6 is 0 Å². The van der Waals surface area contributed by atoms with Crippen molar-refractivity contribution in [3.05, 3.63) is 81.9 Å². The fraction of sp³-hybridized carbons (Fsp3) is 0.269. The Morgan fingerprint density at radius 2 is 1.60 bits per heavy atom. The maximum atomic E-state index is 13.8. The van der Waals surface area contributed by atoms with Gasteiger partial charge in [-0.1, -0.05) is 6.07 Å². The lowest BCUT2D eigenvalue weighted by Crippen LogP contribution is -2.42. The van der Waals surface area contributed by atoms with E-state index in [9.17, 15) is 31.7 Å². The lowest BCUT2D eigenvalue weighted by molar-refractivity contribution is -0.385. The number of carbonyl (C=O) groups excluding carboxylic acids is 1. The Morgan fingerprint density at radius 3 is 2.20 bits per heavy atom.